The van der Waals surface area contributed by atoms with Crippen LogP contribution in [-0.4, -0.2) is 55.2 Å². The van der Waals surface area contributed by atoms with Gasteiger partial charge in [-0.3, -0.25) is 9.59 Å². The zero-order valence-electron chi connectivity index (χ0n) is 8.40. The third-order valence-electron chi connectivity index (χ3n) is 1.77. The third-order valence-corrected chi connectivity index (χ3v) is 1.77. The number of carboxylic acid groups (broad SMARTS) is 1. The van der Waals surface area contributed by atoms with Gasteiger partial charge in [0.2, 0.25) is 5.91 Å². The number of rotatable bonds is 6. The van der Waals surface area contributed by atoms with Crippen molar-refractivity contribution in [1.82, 2.24) is 4.90 Å². The topological polar surface area (TPSA) is 92.9 Å². The van der Waals surface area contributed by atoms with E-state index in [4.69, 9.17) is 15.6 Å². The van der Waals surface area contributed by atoms with Crippen LogP contribution in [0.2, 0.25) is 0 Å². The standard InChI is InChI=1S/C8H16N2O4/c1-10(3-4-14-2)7(11)5-6(9)8(12)13/h6H,3-5,9H2,1-2H3,(H,12,13). The molecule has 0 bridgehead atoms. The molecule has 0 saturated heterocycles. The Kier molecular flexibility index (Phi) is 5.82. The Morgan fingerprint density at radius 3 is 2.57 bits per heavy atom. The number of carbonyl (C=O) groups excluding carboxylic acids is 1. The van der Waals surface area contributed by atoms with Crippen LogP contribution in [0.5, 0.6) is 0 Å². The van der Waals surface area contributed by atoms with Crippen LogP contribution in [0.3, 0.4) is 0 Å². The predicted octanol–water partition coefficient (Wildman–Crippen LogP) is -1.11. The molecule has 0 aliphatic carbocycles. The zero-order valence-corrected chi connectivity index (χ0v) is 8.40. The van der Waals surface area contributed by atoms with Crippen LogP contribution in [0, 0.1) is 0 Å². The number of nitrogens with two attached hydrogens (primary N) is 1. The Hall–Kier alpha value is -1.14. The Balaban J connectivity index is 3.88. The Bertz CT molecular complexity index is 208. The first-order valence-electron chi connectivity index (χ1n) is 4.20. The second-order valence-electron chi connectivity index (χ2n) is 2.96. The van der Waals surface area contributed by atoms with E-state index in [1.54, 1.807) is 7.05 Å². The summed E-state index contributed by atoms with van der Waals surface area (Å²) < 4.78 is 4.77. The summed E-state index contributed by atoms with van der Waals surface area (Å²) in [4.78, 5) is 23.0. The Labute approximate surface area is 82.6 Å². The van der Waals surface area contributed by atoms with Crippen molar-refractivity contribution in [3.05, 3.63) is 0 Å². The first-order valence-corrected chi connectivity index (χ1v) is 4.20. The molecule has 0 aromatic heterocycles. The maximum atomic E-state index is 11.3. The molecule has 6 nitrogen and oxygen atoms in total. The first kappa shape index (κ1) is 12.9. The number of methoxy groups -OCH3 is 1. The first-order chi connectivity index (χ1) is 6.49. The number of ether oxygens (including phenoxy) is 1. The van der Waals surface area contributed by atoms with Gasteiger partial charge in [-0.25, -0.2) is 0 Å². The summed E-state index contributed by atoms with van der Waals surface area (Å²) in [5, 5.41) is 8.47. The highest BCUT2D eigenvalue weighted by atomic mass is 16.5. The summed E-state index contributed by atoms with van der Waals surface area (Å²) in [7, 11) is 3.11. The lowest BCUT2D eigenvalue weighted by atomic mass is 10.2. The maximum absolute atomic E-state index is 11.3. The summed E-state index contributed by atoms with van der Waals surface area (Å²) in [6, 6.07) is -1.13. The van der Waals surface area contributed by atoms with Gasteiger partial charge in [-0.05, 0) is 0 Å². The summed E-state index contributed by atoms with van der Waals surface area (Å²) >= 11 is 0. The summed E-state index contributed by atoms with van der Waals surface area (Å²) in [6.45, 7) is 0.853. The van der Waals surface area contributed by atoms with E-state index in [-0.39, 0.29) is 12.3 Å². The van der Waals surface area contributed by atoms with Gasteiger partial charge in [0, 0.05) is 20.7 Å². The number of carbonyl (C=O) groups is 2. The highest BCUT2D eigenvalue weighted by molar-refractivity contribution is 5.84. The molecule has 0 fully saturated rings. The van der Waals surface area contributed by atoms with Crippen molar-refractivity contribution in [2.24, 2.45) is 5.73 Å². The lowest BCUT2D eigenvalue weighted by molar-refractivity contribution is -0.142. The SMILES string of the molecule is COCCN(C)C(=O)CC(N)C(=O)O. The van der Waals surface area contributed by atoms with Gasteiger partial charge in [-0.15, -0.1) is 0 Å². The molecule has 0 aliphatic heterocycles. The van der Waals surface area contributed by atoms with Crippen molar-refractivity contribution >= 4 is 11.9 Å². The number of hydrogen-bond donors (Lipinski definition) is 2. The highest BCUT2D eigenvalue weighted by Crippen LogP contribution is 1.95. The molecule has 0 aliphatic rings. The lowest BCUT2D eigenvalue weighted by Crippen LogP contribution is -2.38. The second-order valence-corrected chi connectivity index (χ2v) is 2.96. The van der Waals surface area contributed by atoms with E-state index >= 15 is 0 Å². The van der Waals surface area contributed by atoms with Crippen molar-refractivity contribution in [2.75, 3.05) is 27.3 Å². The van der Waals surface area contributed by atoms with E-state index in [1.165, 1.54) is 12.0 Å². The van der Waals surface area contributed by atoms with Crippen LogP contribution in [0.25, 0.3) is 0 Å². The highest BCUT2D eigenvalue weighted by Gasteiger charge is 2.18. The second kappa shape index (κ2) is 6.33. The molecule has 82 valence electrons. The van der Waals surface area contributed by atoms with Gasteiger partial charge in [0.1, 0.15) is 6.04 Å². The molecule has 0 spiro atoms. The zero-order chi connectivity index (χ0) is 11.1. The van der Waals surface area contributed by atoms with E-state index in [9.17, 15) is 9.59 Å². The number of hydrogen-bond acceptors (Lipinski definition) is 4. The number of nitrogens with zero attached hydrogens (tertiary/aromatic N) is 1. The van der Waals surface area contributed by atoms with Crippen molar-refractivity contribution < 1.29 is 19.4 Å². The lowest BCUT2D eigenvalue weighted by Gasteiger charge is -2.17. The number of amides is 1. The van der Waals surface area contributed by atoms with E-state index < -0.39 is 12.0 Å². The Morgan fingerprint density at radius 1 is 1.57 bits per heavy atom. The third kappa shape index (κ3) is 4.78. The summed E-state index contributed by atoms with van der Waals surface area (Å²) in [6.07, 6.45) is -0.185. The van der Waals surface area contributed by atoms with E-state index in [1.807, 2.05) is 0 Å². The maximum Gasteiger partial charge on any atom is 0.321 e. The van der Waals surface area contributed by atoms with E-state index in [0.717, 1.165) is 0 Å². The van der Waals surface area contributed by atoms with Crippen molar-refractivity contribution in [3.63, 3.8) is 0 Å². The van der Waals surface area contributed by atoms with Gasteiger partial charge >= 0.3 is 5.97 Å². The molecule has 14 heavy (non-hydrogen) atoms. The van der Waals surface area contributed by atoms with Crippen LogP contribution in [0.4, 0.5) is 0 Å². The molecule has 1 atom stereocenters. The van der Waals surface area contributed by atoms with Crippen LogP contribution in [0.15, 0.2) is 0 Å². The van der Waals surface area contributed by atoms with Gasteiger partial charge in [0.25, 0.3) is 0 Å². The minimum Gasteiger partial charge on any atom is -0.480 e. The Morgan fingerprint density at radius 2 is 2.14 bits per heavy atom. The summed E-state index contributed by atoms with van der Waals surface area (Å²) in [5.41, 5.74) is 5.21. The summed E-state index contributed by atoms with van der Waals surface area (Å²) in [5.74, 6) is -1.46. The van der Waals surface area contributed by atoms with Crippen molar-refractivity contribution in [1.29, 1.82) is 0 Å². The minimum atomic E-state index is -1.17. The van der Waals surface area contributed by atoms with Gasteiger partial charge in [0.15, 0.2) is 0 Å². The normalized spacial score (nSPS) is 12.2. The monoisotopic (exact) mass is 204 g/mol. The molecule has 6 heteroatoms. The molecular weight excluding hydrogens is 188 g/mol. The fraction of sp³-hybridized carbons (Fsp3) is 0.750. The van der Waals surface area contributed by atoms with Gasteiger partial charge in [-0.1, -0.05) is 0 Å². The molecule has 0 saturated carbocycles. The number of aliphatic carboxylic acids is 1. The molecule has 0 aromatic carbocycles. The quantitative estimate of drug-likeness (QED) is 0.572. The molecule has 0 aromatic rings. The van der Waals surface area contributed by atoms with Crippen LogP contribution >= 0.6 is 0 Å². The van der Waals surface area contributed by atoms with Crippen LogP contribution < -0.4 is 5.73 Å². The van der Waals surface area contributed by atoms with Crippen LogP contribution in [0.1, 0.15) is 6.42 Å². The van der Waals surface area contributed by atoms with E-state index in [0.29, 0.717) is 13.2 Å². The minimum absolute atomic E-state index is 0.185. The average Bonchev–Trinajstić information content (AvgIpc) is 2.13. The molecule has 1 unspecified atom stereocenters. The average molecular weight is 204 g/mol. The number of likely N-dealkylation sites (N-methyl/N-ethyl adjacent to an activating group) is 1. The van der Waals surface area contributed by atoms with E-state index in [2.05, 4.69) is 0 Å². The predicted molar refractivity (Wildman–Crippen MR) is 49.7 cm³/mol. The number of carboxylic acids is 1. The molecule has 0 rings (SSSR count). The van der Waals surface area contributed by atoms with Gasteiger partial charge < -0.3 is 20.5 Å². The van der Waals surface area contributed by atoms with Crippen molar-refractivity contribution in [2.45, 2.75) is 12.5 Å². The molecular formula is C8H16N2O4. The largest absolute Gasteiger partial charge is 0.480 e. The fourth-order valence-corrected chi connectivity index (χ4v) is 0.784. The molecule has 3 N–H and O–H groups in total. The van der Waals surface area contributed by atoms with Gasteiger partial charge in [0.05, 0.1) is 13.0 Å². The molecule has 0 heterocycles. The van der Waals surface area contributed by atoms with Gasteiger partial charge in [-0.2, -0.15) is 0 Å². The van der Waals surface area contributed by atoms with Crippen molar-refractivity contribution in [3.8, 4) is 0 Å². The molecule has 0 radical (unpaired) electrons. The fourth-order valence-electron chi connectivity index (χ4n) is 0.784. The smallest absolute Gasteiger partial charge is 0.321 e. The molecule has 1 amide bonds. The van der Waals surface area contributed by atoms with Crippen LogP contribution in [-0.2, 0) is 14.3 Å².